The molecule has 1 N–H and O–H groups in total. The molecule has 1 amide bonds. The number of para-hydroxylation sites is 1. The fraction of sp³-hybridized carbons (Fsp3) is 0.194. The van der Waals surface area contributed by atoms with Gasteiger partial charge in [0.1, 0.15) is 5.75 Å². The molecule has 37 heavy (non-hydrogen) atoms. The van der Waals surface area contributed by atoms with Crippen LogP contribution in [0, 0.1) is 13.8 Å². The van der Waals surface area contributed by atoms with Crippen LogP contribution in [-0.2, 0) is 0 Å². The monoisotopic (exact) mass is 490 g/mol. The molecule has 0 radical (unpaired) electrons. The van der Waals surface area contributed by atoms with E-state index in [4.69, 9.17) is 9.72 Å². The summed E-state index contributed by atoms with van der Waals surface area (Å²) in [4.78, 5) is 18.5. The van der Waals surface area contributed by atoms with Crippen molar-refractivity contribution in [2.45, 2.75) is 33.6 Å². The average molecular weight is 491 g/mol. The number of benzene rings is 3. The Morgan fingerprint density at radius 2 is 1.73 bits per heavy atom. The summed E-state index contributed by atoms with van der Waals surface area (Å²) in [5.74, 6) is 0.852. The molecule has 6 nitrogen and oxygen atoms in total. The summed E-state index contributed by atoms with van der Waals surface area (Å²) in [5.41, 5.74) is 7.73. The molecular formula is C31H30N4O2. The van der Waals surface area contributed by atoms with Gasteiger partial charge in [-0.1, -0.05) is 50.2 Å². The van der Waals surface area contributed by atoms with Crippen molar-refractivity contribution in [1.29, 1.82) is 0 Å². The predicted octanol–water partition coefficient (Wildman–Crippen LogP) is 7.09. The summed E-state index contributed by atoms with van der Waals surface area (Å²) in [6.45, 7) is 8.36. The molecule has 0 saturated heterocycles. The Morgan fingerprint density at radius 1 is 0.973 bits per heavy atom. The minimum atomic E-state index is -0.224. The van der Waals surface area contributed by atoms with E-state index in [1.807, 2.05) is 73.3 Å². The van der Waals surface area contributed by atoms with Crippen molar-refractivity contribution in [2.75, 3.05) is 12.4 Å². The summed E-state index contributed by atoms with van der Waals surface area (Å²) in [7, 11) is 1.59. The van der Waals surface area contributed by atoms with E-state index in [1.54, 1.807) is 7.11 Å². The van der Waals surface area contributed by atoms with E-state index in [1.165, 1.54) is 5.56 Å². The van der Waals surface area contributed by atoms with Crippen molar-refractivity contribution in [3.63, 3.8) is 0 Å². The molecule has 0 saturated carbocycles. The van der Waals surface area contributed by atoms with Gasteiger partial charge in [-0.2, -0.15) is 5.10 Å². The van der Waals surface area contributed by atoms with Crippen molar-refractivity contribution in [1.82, 2.24) is 14.8 Å². The zero-order valence-corrected chi connectivity index (χ0v) is 21.7. The average Bonchev–Trinajstić information content (AvgIpc) is 3.29. The number of nitrogens with zero attached hydrogens (tertiary/aromatic N) is 3. The number of anilines is 1. The van der Waals surface area contributed by atoms with Gasteiger partial charge in [0.2, 0.25) is 0 Å². The number of aromatic nitrogens is 3. The van der Waals surface area contributed by atoms with Gasteiger partial charge in [-0.15, -0.1) is 0 Å². The van der Waals surface area contributed by atoms with Crippen LogP contribution in [0.25, 0.3) is 27.8 Å². The van der Waals surface area contributed by atoms with Crippen molar-refractivity contribution >= 4 is 22.5 Å². The third-order valence-electron chi connectivity index (χ3n) is 6.65. The number of aryl methyl sites for hydroxylation is 1. The van der Waals surface area contributed by atoms with Gasteiger partial charge in [0, 0.05) is 10.9 Å². The summed E-state index contributed by atoms with van der Waals surface area (Å²) in [5, 5.41) is 8.47. The number of pyridine rings is 1. The Labute approximate surface area is 216 Å². The second-order valence-electron chi connectivity index (χ2n) is 9.53. The van der Waals surface area contributed by atoms with E-state index in [0.29, 0.717) is 28.6 Å². The van der Waals surface area contributed by atoms with Crippen LogP contribution >= 0.6 is 0 Å². The number of ether oxygens (including phenoxy) is 1. The first-order valence-corrected chi connectivity index (χ1v) is 12.4. The molecule has 0 aliphatic heterocycles. The highest BCUT2D eigenvalue weighted by atomic mass is 16.5. The first-order valence-electron chi connectivity index (χ1n) is 12.4. The number of carbonyl (C=O) groups excluding carboxylic acids is 1. The Hall–Kier alpha value is -4.45. The summed E-state index contributed by atoms with van der Waals surface area (Å²) < 4.78 is 7.37. The maximum Gasteiger partial charge on any atom is 0.256 e. The lowest BCUT2D eigenvalue weighted by atomic mass is 10.0. The minimum Gasteiger partial charge on any atom is -0.495 e. The highest BCUT2D eigenvalue weighted by molar-refractivity contribution is 6.13. The van der Waals surface area contributed by atoms with Crippen LogP contribution in [0.1, 0.15) is 46.9 Å². The van der Waals surface area contributed by atoms with Crippen LogP contribution in [0.3, 0.4) is 0 Å². The van der Waals surface area contributed by atoms with Gasteiger partial charge >= 0.3 is 0 Å². The summed E-state index contributed by atoms with van der Waals surface area (Å²) in [6.07, 6.45) is 1.81. The topological polar surface area (TPSA) is 69.0 Å². The van der Waals surface area contributed by atoms with Crippen LogP contribution in [0.15, 0.2) is 79.0 Å². The van der Waals surface area contributed by atoms with Gasteiger partial charge in [-0.05, 0) is 67.3 Å². The second kappa shape index (κ2) is 9.90. The summed E-state index contributed by atoms with van der Waals surface area (Å²) >= 11 is 0. The number of carbonyl (C=O) groups is 1. The van der Waals surface area contributed by atoms with E-state index in [0.717, 1.165) is 33.4 Å². The Balaban J connectivity index is 1.56. The molecule has 2 heterocycles. The highest BCUT2D eigenvalue weighted by Gasteiger charge is 2.18. The summed E-state index contributed by atoms with van der Waals surface area (Å²) in [6, 6.07) is 23.7. The Morgan fingerprint density at radius 3 is 2.46 bits per heavy atom. The molecule has 6 heteroatoms. The lowest BCUT2D eigenvalue weighted by molar-refractivity contribution is 0.102. The first kappa shape index (κ1) is 24.3. The van der Waals surface area contributed by atoms with Crippen molar-refractivity contribution in [2.24, 2.45) is 0 Å². The molecule has 0 bridgehead atoms. The quantitative estimate of drug-likeness (QED) is 0.276. The van der Waals surface area contributed by atoms with Crippen LogP contribution in [-0.4, -0.2) is 27.8 Å². The van der Waals surface area contributed by atoms with Gasteiger partial charge in [0.15, 0.2) is 0 Å². The molecular weight excluding hydrogens is 460 g/mol. The van der Waals surface area contributed by atoms with Gasteiger partial charge in [0.05, 0.1) is 47.1 Å². The van der Waals surface area contributed by atoms with Crippen LogP contribution < -0.4 is 10.1 Å². The molecule has 0 atom stereocenters. The smallest absolute Gasteiger partial charge is 0.256 e. The van der Waals surface area contributed by atoms with E-state index in [-0.39, 0.29) is 5.91 Å². The van der Waals surface area contributed by atoms with Crippen LogP contribution in [0.5, 0.6) is 5.75 Å². The lowest BCUT2D eigenvalue weighted by Crippen LogP contribution is -2.14. The zero-order valence-electron chi connectivity index (χ0n) is 21.7. The third-order valence-corrected chi connectivity index (χ3v) is 6.65. The van der Waals surface area contributed by atoms with E-state index in [9.17, 15) is 4.79 Å². The largest absolute Gasteiger partial charge is 0.495 e. The van der Waals surface area contributed by atoms with Crippen molar-refractivity contribution in [3.8, 4) is 22.7 Å². The molecule has 2 aromatic heterocycles. The minimum absolute atomic E-state index is 0.224. The van der Waals surface area contributed by atoms with Gasteiger partial charge in [-0.25, -0.2) is 9.67 Å². The molecule has 3 aromatic carbocycles. The zero-order chi connectivity index (χ0) is 26.1. The second-order valence-corrected chi connectivity index (χ2v) is 9.53. The number of hydrogen-bond acceptors (Lipinski definition) is 4. The van der Waals surface area contributed by atoms with E-state index >= 15 is 0 Å². The van der Waals surface area contributed by atoms with E-state index in [2.05, 4.69) is 48.5 Å². The Bertz CT molecular complexity index is 1600. The fourth-order valence-electron chi connectivity index (χ4n) is 4.53. The first-order chi connectivity index (χ1) is 17.9. The van der Waals surface area contributed by atoms with Crippen LogP contribution in [0.2, 0.25) is 0 Å². The molecule has 5 aromatic rings. The number of rotatable bonds is 6. The molecule has 0 aliphatic carbocycles. The maximum absolute atomic E-state index is 13.6. The van der Waals surface area contributed by atoms with Crippen molar-refractivity contribution in [3.05, 3.63) is 101 Å². The fourth-order valence-corrected chi connectivity index (χ4v) is 4.53. The number of nitrogens with one attached hydrogen (secondary N) is 1. The normalized spacial score (nSPS) is 11.2. The molecule has 0 spiro atoms. The predicted molar refractivity (Wildman–Crippen MR) is 149 cm³/mol. The molecule has 0 fully saturated rings. The highest BCUT2D eigenvalue weighted by Crippen LogP contribution is 2.31. The van der Waals surface area contributed by atoms with Gasteiger partial charge in [0.25, 0.3) is 5.91 Å². The van der Waals surface area contributed by atoms with Crippen LogP contribution in [0.4, 0.5) is 5.69 Å². The number of amides is 1. The van der Waals surface area contributed by atoms with Gasteiger partial charge in [-0.3, -0.25) is 4.79 Å². The molecule has 0 unspecified atom stereocenters. The number of methoxy groups -OCH3 is 1. The standard InChI is InChI=1S/C31H30N4O2/c1-19(2)22-11-13-23(14-12-22)35-21(4)26(18-32-35)28-17-25(24-8-6-7-9-27(24)33-28)31(36)34-29-16-20(3)10-15-30(29)37-5/h6-19H,1-5H3,(H,34,36). The molecule has 5 rings (SSSR count). The molecule has 186 valence electrons. The Kier molecular flexibility index (Phi) is 6.49. The molecule has 0 aliphatic rings. The number of hydrogen-bond donors (Lipinski definition) is 1. The van der Waals surface area contributed by atoms with Crippen molar-refractivity contribution < 1.29 is 9.53 Å². The SMILES string of the molecule is COc1ccc(C)cc1NC(=O)c1cc(-c2cnn(-c3ccc(C(C)C)cc3)c2C)nc2ccccc12. The number of fused-ring (bicyclic) bond motifs is 1. The lowest BCUT2D eigenvalue weighted by Gasteiger charge is -2.13. The van der Waals surface area contributed by atoms with Gasteiger partial charge < -0.3 is 10.1 Å². The maximum atomic E-state index is 13.6. The third kappa shape index (κ3) is 4.70. The van der Waals surface area contributed by atoms with E-state index < -0.39 is 0 Å².